The Kier molecular flexibility index (Phi) is 5.96. The zero-order valence-corrected chi connectivity index (χ0v) is 15.4. The van der Waals surface area contributed by atoms with Gasteiger partial charge in [-0.3, -0.25) is 4.90 Å². The fraction of sp³-hybridized carbons (Fsp3) is 0.368. The first kappa shape index (κ1) is 18.5. The number of hydrogen-bond acceptors (Lipinski definition) is 5. The van der Waals surface area contributed by atoms with Crippen LogP contribution in [0.25, 0.3) is 0 Å². The zero-order valence-electron chi connectivity index (χ0n) is 14.7. The van der Waals surface area contributed by atoms with E-state index < -0.39 is 5.97 Å². The number of carbonyl (C=O) groups is 1. The molecule has 1 aliphatic rings. The first-order valence-electron chi connectivity index (χ1n) is 8.55. The van der Waals surface area contributed by atoms with Gasteiger partial charge in [-0.25, -0.2) is 9.78 Å². The second-order valence-electron chi connectivity index (χ2n) is 6.34. The molecule has 2 aromatic rings. The molecule has 0 aliphatic carbocycles. The van der Waals surface area contributed by atoms with Crippen molar-refractivity contribution in [1.29, 1.82) is 0 Å². The van der Waals surface area contributed by atoms with Crippen molar-refractivity contribution in [2.45, 2.75) is 13.5 Å². The summed E-state index contributed by atoms with van der Waals surface area (Å²) in [5.41, 5.74) is 2.08. The quantitative estimate of drug-likeness (QED) is 0.837. The molecule has 7 heteroatoms. The lowest BCUT2D eigenvalue weighted by Crippen LogP contribution is -2.46. The fourth-order valence-corrected chi connectivity index (χ4v) is 3.31. The molecule has 1 fully saturated rings. The predicted octanol–water partition coefficient (Wildman–Crippen LogP) is 2.83. The van der Waals surface area contributed by atoms with Crippen molar-refractivity contribution in [3.8, 4) is 5.75 Å². The Morgan fingerprint density at radius 3 is 2.73 bits per heavy atom. The number of hydrogen-bond donors (Lipinski definition) is 1. The summed E-state index contributed by atoms with van der Waals surface area (Å²) in [5.74, 6) is 0.616. The van der Waals surface area contributed by atoms with E-state index in [1.54, 1.807) is 12.1 Å². The number of carboxylic acid groups (broad SMARTS) is 1. The van der Waals surface area contributed by atoms with Gasteiger partial charge in [0.2, 0.25) is 0 Å². The van der Waals surface area contributed by atoms with Crippen molar-refractivity contribution in [2.75, 3.05) is 37.7 Å². The van der Waals surface area contributed by atoms with E-state index >= 15 is 0 Å². The lowest BCUT2D eigenvalue weighted by atomic mass is 10.1. The third-order valence-corrected chi connectivity index (χ3v) is 4.66. The Bertz CT molecular complexity index is 776. The Balaban J connectivity index is 1.63. The maximum absolute atomic E-state index is 10.8. The van der Waals surface area contributed by atoms with Crippen molar-refractivity contribution in [1.82, 2.24) is 9.88 Å². The highest BCUT2D eigenvalue weighted by Gasteiger charge is 2.20. The normalized spacial score (nSPS) is 15.1. The van der Waals surface area contributed by atoms with E-state index in [0.29, 0.717) is 17.3 Å². The van der Waals surface area contributed by atoms with E-state index in [-0.39, 0.29) is 6.61 Å². The number of piperazine rings is 1. The van der Waals surface area contributed by atoms with Gasteiger partial charge in [0.05, 0.1) is 0 Å². The van der Waals surface area contributed by atoms with Crippen molar-refractivity contribution >= 4 is 23.4 Å². The summed E-state index contributed by atoms with van der Waals surface area (Å²) in [4.78, 5) is 19.9. The molecule has 0 spiro atoms. The van der Waals surface area contributed by atoms with Crippen LogP contribution in [0.15, 0.2) is 36.5 Å². The Morgan fingerprint density at radius 2 is 2.04 bits per heavy atom. The van der Waals surface area contributed by atoms with E-state index in [1.165, 1.54) is 5.56 Å². The van der Waals surface area contributed by atoms with Gasteiger partial charge < -0.3 is 14.7 Å². The van der Waals surface area contributed by atoms with Gasteiger partial charge in [-0.2, -0.15) is 0 Å². The van der Waals surface area contributed by atoms with Crippen molar-refractivity contribution in [3.63, 3.8) is 0 Å². The van der Waals surface area contributed by atoms with Crippen LogP contribution in [0.3, 0.4) is 0 Å². The van der Waals surface area contributed by atoms with E-state index in [4.69, 9.17) is 21.4 Å². The SMILES string of the molecule is Cc1cccnc1N1CCN(Cc2cc(Cl)ccc2OCC(=O)O)CC1. The highest BCUT2D eigenvalue weighted by Crippen LogP contribution is 2.25. The molecule has 0 atom stereocenters. The molecule has 0 saturated carbocycles. The van der Waals surface area contributed by atoms with Crippen LogP contribution in [0.5, 0.6) is 5.75 Å². The molecular formula is C19H22ClN3O3. The molecule has 1 aliphatic heterocycles. The summed E-state index contributed by atoms with van der Waals surface area (Å²) in [7, 11) is 0. The van der Waals surface area contributed by atoms with Gasteiger partial charge in [0.1, 0.15) is 11.6 Å². The summed E-state index contributed by atoms with van der Waals surface area (Å²) in [6, 6.07) is 9.31. The van der Waals surface area contributed by atoms with Gasteiger partial charge in [0, 0.05) is 49.5 Å². The van der Waals surface area contributed by atoms with Crippen molar-refractivity contribution in [2.24, 2.45) is 0 Å². The monoisotopic (exact) mass is 375 g/mol. The van der Waals surface area contributed by atoms with E-state index in [9.17, 15) is 4.79 Å². The van der Waals surface area contributed by atoms with Crippen LogP contribution >= 0.6 is 11.6 Å². The average Bonchev–Trinajstić information content (AvgIpc) is 2.62. The number of ether oxygens (including phenoxy) is 1. The molecule has 0 amide bonds. The molecule has 0 bridgehead atoms. The van der Waals surface area contributed by atoms with Gasteiger partial charge in [0.15, 0.2) is 6.61 Å². The number of benzene rings is 1. The Labute approximate surface area is 158 Å². The second kappa shape index (κ2) is 8.38. The highest BCUT2D eigenvalue weighted by atomic mass is 35.5. The number of halogens is 1. The highest BCUT2D eigenvalue weighted by molar-refractivity contribution is 6.30. The molecule has 1 saturated heterocycles. The van der Waals surface area contributed by atoms with Gasteiger partial charge in [-0.05, 0) is 36.8 Å². The number of carboxylic acids is 1. The molecule has 0 radical (unpaired) electrons. The van der Waals surface area contributed by atoms with Gasteiger partial charge in [0.25, 0.3) is 0 Å². The molecule has 2 heterocycles. The zero-order chi connectivity index (χ0) is 18.5. The van der Waals surface area contributed by atoms with Crippen LogP contribution in [0.4, 0.5) is 5.82 Å². The molecule has 1 N–H and O–H groups in total. The van der Waals surface area contributed by atoms with E-state index in [0.717, 1.165) is 37.6 Å². The smallest absolute Gasteiger partial charge is 0.341 e. The van der Waals surface area contributed by atoms with Gasteiger partial charge in [-0.15, -0.1) is 0 Å². The predicted molar refractivity (Wildman–Crippen MR) is 101 cm³/mol. The molecular weight excluding hydrogens is 354 g/mol. The average molecular weight is 376 g/mol. The third kappa shape index (κ3) is 4.65. The first-order valence-corrected chi connectivity index (χ1v) is 8.92. The Morgan fingerprint density at radius 1 is 1.27 bits per heavy atom. The van der Waals surface area contributed by atoms with Crippen LogP contribution in [0.1, 0.15) is 11.1 Å². The maximum Gasteiger partial charge on any atom is 0.341 e. The van der Waals surface area contributed by atoms with Crippen LogP contribution in [0, 0.1) is 6.92 Å². The molecule has 0 unspecified atom stereocenters. The standard InChI is InChI=1S/C19H22ClN3O3/c1-14-3-2-6-21-19(14)23-9-7-22(8-10-23)12-15-11-16(20)4-5-17(15)26-13-18(24)25/h2-6,11H,7-10,12-13H2,1H3,(H,24,25). The Hall–Kier alpha value is -2.31. The minimum atomic E-state index is -0.995. The number of pyridine rings is 1. The topological polar surface area (TPSA) is 65.9 Å². The third-order valence-electron chi connectivity index (χ3n) is 4.42. The molecule has 6 nitrogen and oxygen atoms in total. The number of aromatic nitrogens is 1. The van der Waals surface area contributed by atoms with Crippen LogP contribution in [-0.4, -0.2) is 53.7 Å². The van der Waals surface area contributed by atoms with E-state index in [1.807, 2.05) is 18.3 Å². The van der Waals surface area contributed by atoms with E-state index in [2.05, 4.69) is 27.8 Å². The number of aryl methyl sites for hydroxylation is 1. The van der Waals surface area contributed by atoms with Crippen molar-refractivity contribution < 1.29 is 14.6 Å². The number of nitrogens with zero attached hydrogens (tertiary/aromatic N) is 3. The summed E-state index contributed by atoms with van der Waals surface area (Å²) >= 11 is 6.11. The second-order valence-corrected chi connectivity index (χ2v) is 6.78. The van der Waals surface area contributed by atoms with Crippen molar-refractivity contribution in [3.05, 3.63) is 52.7 Å². The summed E-state index contributed by atoms with van der Waals surface area (Å²) in [5, 5.41) is 9.44. The number of anilines is 1. The van der Waals surface area contributed by atoms with Gasteiger partial charge in [-0.1, -0.05) is 17.7 Å². The number of aliphatic carboxylic acids is 1. The number of rotatable bonds is 6. The fourth-order valence-electron chi connectivity index (χ4n) is 3.12. The first-order chi connectivity index (χ1) is 12.5. The molecule has 1 aromatic carbocycles. The molecule has 1 aromatic heterocycles. The molecule has 3 rings (SSSR count). The lowest BCUT2D eigenvalue weighted by molar-refractivity contribution is -0.139. The van der Waals surface area contributed by atoms with Crippen LogP contribution in [-0.2, 0) is 11.3 Å². The summed E-state index contributed by atoms with van der Waals surface area (Å²) in [6.07, 6.45) is 1.83. The van der Waals surface area contributed by atoms with Gasteiger partial charge >= 0.3 is 5.97 Å². The summed E-state index contributed by atoms with van der Waals surface area (Å²) in [6.45, 7) is 5.95. The van der Waals surface area contributed by atoms with Crippen LogP contribution < -0.4 is 9.64 Å². The maximum atomic E-state index is 10.8. The summed E-state index contributed by atoms with van der Waals surface area (Å²) < 4.78 is 5.40. The molecule has 138 valence electrons. The largest absolute Gasteiger partial charge is 0.482 e. The molecule has 26 heavy (non-hydrogen) atoms. The minimum Gasteiger partial charge on any atom is -0.482 e. The lowest BCUT2D eigenvalue weighted by Gasteiger charge is -2.36. The van der Waals surface area contributed by atoms with Crippen LogP contribution in [0.2, 0.25) is 5.02 Å². The minimum absolute atomic E-state index is 0.360.